The minimum atomic E-state index is -0.875. The lowest BCUT2D eigenvalue weighted by Crippen LogP contribution is -2.33. The molecule has 1 heterocycles. The standard InChI is InChI=1S/C19H27N3O3/c1-19(2)14(15(19)18(24)25)17(23)20-13-9-5-6-11-10-22(21-16(11)13)12-7-3-4-8-12/h10,12-15H,3-9H2,1-2H3,(H,20,23)(H,24,25)/t13?,14-,15+/m1/s1. The van der Waals surface area contributed by atoms with Crippen molar-refractivity contribution in [3.05, 3.63) is 17.5 Å². The Kier molecular flexibility index (Phi) is 3.89. The van der Waals surface area contributed by atoms with E-state index in [1.165, 1.54) is 31.2 Å². The summed E-state index contributed by atoms with van der Waals surface area (Å²) in [6.45, 7) is 3.72. The molecule has 0 aliphatic heterocycles. The highest BCUT2D eigenvalue weighted by atomic mass is 16.4. The predicted molar refractivity (Wildman–Crippen MR) is 92.0 cm³/mol. The molecule has 1 aromatic heterocycles. The van der Waals surface area contributed by atoms with Gasteiger partial charge in [0.2, 0.25) is 5.91 Å². The number of carboxylic acid groups (broad SMARTS) is 1. The number of fused-ring (bicyclic) bond motifs is 1. The summed E-state index contributed by atoms with van der Waals surface area (Å²) in [6.07, 6.45) is 10.0. The van der Waals surface area contributed by atoms with Gasteiger partial charge in [0.1, 0.15) is 0 Å². The summed E-state index contributed by atoms with van der Waals surface area (Å²) in [6, 6.07) is 0.422. The normalized spacial score (nSPS) is 30.7. The Bertz CT molecular complexity index is 703. The fourth-order valence-corrected chi connectivity index (χ4v) is 4.91. The number of aromatic nitrogens is 2. The van der Waals surface area contributed by atoms with Crippen molar-refractivity contribution in [2.45, 2.75) is 70.9 Å². The number of carboxylic acids is 1. The van der Waals surface area contributed by atoms with Crippen LogP contribution in [0.3, 0.4) is 0 Å². The quantitative estimate of drug-likeness (QED) is 0.879. The van der Waals surface area contributed by atoms with Gasteiger partial charge in [-0.1, -0.05) is 26.7 Å². The van der Waals surface area contributed by atoms with Crippen LogP contribution in [0.25, 0.3) is 0 Å². The van der Waals surface area contributed by atoms with Crippen LogP contribution in [-0.2, 0) is 16.0 Å². The molecule has 6 nitrogen and oxygen atoms in total. The first-order chi connectivity index (χ1) is 11.9. The monoisotopic (exact) mass is 345 g/mol. The van der Waals surface area contributed by atoms with Crippen LogP contribution in [-0.4, -0.2) is 26.8 Å². The van der Waals surface area contributed by atoms with E-state index in [4.69, 9.17) is 5.10 Å². The fourth-order valence-electron chi connectivity index (χ4n) is 4.91. The summed E-state index contributed by atoms with van der Waals surface area (Å²) in [5.74, 6) is -2.02. The van der Waals surface area contributed by atoms with E-state index >= 15 is 0 Å². The largest absolute Gasteiger partial charge is 0.481 e. The van der Waals surface area contributed by atoms with Crippen molar-refractivity contribution in [3.63, 3.8) is 0 Å². The maximum atomic E-state index is 12.7. The zero-order chi connectivity index (χ0) is 17.8. The maximum Gasteiger partial charge on any atom is 0.307 e. The molecule has 3 aliphatic carbocycles. The van der Waals surface area contributed by atoms with Gasteiger partial charge >= 0.3 is 5.97 Å². The zero-order valence-corrected chi connectivity index (χ0v) is 15.0. The van der Waals surface area contributed by atoms with Crippen molar-refractivity contribution < 1.29 is 14.7 Å². The summed E-state index contributed by atoms with van der Waals surface area (Å²) in [5, 5.41) is 17.2. The number of carbonyl (C=O) groups is 2. The van der Waals surface area contributed by atoms with E-state index in [1.54, 1.807) is 0 Å². The Morgan fingerprint density at radius 2 is 1.92 bits per heavy atom. The van der Waals surface area contributed by atoms with Gasteiger partial charge in [-0.2, -0.15) is 5.10 Å². The number of aryl methyl sites for hydroxylation is 1. The van der Waals surface area contributed by atoms with E-state index in [9.17, 15) is 14.7 Å². The van der Waals surface area contributed by atoms with Gasteiger partial charge in [0, 0.05) is 6.20 Å². The zero-order valence-electron chi connectivity index (χ0n) is 15.0. The molecule has 0 saturated heterocycles. The van der Waals surface area contributed by atoms with E-state index in [-0.39, 0.29) is 11.9 Å². The van der Waals surface area contributed by atoms with Gasteiger partial charge in [-0.15, -0.1) is 0 Å². The molecular weight excluding hydrogens is 318 g/mol. The molecule has 6 heteroatoms. The number of hydrogen-bond acceptors (Lipinski definition) is 3. The van der Waals surface area contributed by atoms with Gasteiger partial charge in [0.15, 0.2) is 0 Å². The van der Waals surface area contributed by atoms with Gasteiger partial charge in [-0.3, -0.25) is 14.3 Å². The third kappa shape index (κ3) is 2.75. The molecular formula is C19H27N3O3. The van der Waals surface area contributed by atoms with Crippen molar-refractivity contribution in [2.24, 2.45) is 17.3 Å². The van der Waals surface area contributed by atoms with Crippen LogP contribution in [0.5, 0.6) is 0 Å². The Morgan fingerprint density at radius 3 is 2.56 bits per heavy atom. The molecule has 4 rings (SSSR count). The molecule has 3 aliphatic rings. The summed E-state index contributed by atoms with van der Waals surface area (Å²) < 4.78 is 2.11. The number of nitrogens with one attached hydrogen (secondary N) is 1. The smallest absolute Gasteiger partial charge is 0.307 e. The highest BCUT2D eigenvalue weighted by Crippen LogP contribution is 2.58. The lowest BCUT2D eigenvalue weighted by molar-refractivity contribution is -0.140. The minimum absolute atomic E-state index is 0.0789. The van der Waals surface area contributed by atoms with Crippen molar-refractivity contribution in [1.29, 1.82) is 0 Å². The van der Waals surface area contributed by atoms with Crippen molar-refractivity contribution in [1.82, 2.24) is 15.1 Å². The Hall–Kier alpha value is -1.85. The van der Waals surface area contributed by atoms with Crippen LogP contribution in [0.2, 0.25) is 0 Å². The lowest BCUT2D eigenvalue weighted by atomic mass is 9.93. The number of amides is 1. The van der Waals surface area contributed by atoms with Gasteiger partial charge in [0.25, 0.3) is 0 Å². The van der Waals surface area contributed by atoms with Gasteiger partial charge in [-0.05, 0) is 43.1 Å². The molecule has 0 bridgehead atoms. The van der Waals surface area contributed by atoms with Crippen molar-refractivity contribution in [3.8, 4) is 0 Å². The second kappa shape index (κ2) is 5.85. The second-order valence-corrected chi connectivity index (χ2v) is 8.53. The molecule has 1 amide bonds. The number of hydrogen-bond donors (Lipinski definition) is 2. The third-order valence-electron chi connectivity index (χ3n) is 6.50. The molecule has 1 aromatic rings. The SMILES string of the molecule is CC1(C)[C@H](C(=O)O)[C@@H]1C(=O)NC1CCCc2cn(C3CCCC3)nc21. The molecule has 25 heavy (non-hydrogen) atoms. The van der Waals surface area contributed by atoms with Crippen LogP contribution >= 0.6 is 0 Å². The Morgan fingerprint density at radius 1 is 1.20 bits per heavy atom. The van der Waals surface area contributed by atoms with Crippen LogP contribution < -0.4 is 5.32 Å². The topological polar surface area (TPSA) is 84.2 Å². The molecule has 0 radical (unpaired) electrons. The summed E-state index contributed by atoms with van der Waals surface area (Å²) >= 11 is 0. The predicted octanol–water partition coefficient (Wildman–Crippen LogP) is 2.85. The summed E-state index contributed by atoms with van der Waals surface area (Å²) in [7, 11) is 0. The lowest BCUT2D eigenvalue weighted by Gasteiger charge is -2.22. The van der Waals surface area contributed by atoms with Crippen LogP contribution in [0, 0.1) is 17.3 Å². The van der Waals surface area contributed by atoms with Crippen LogP contribution in [0.1, 0.15) is 75.7 Å². The van der Waals surface area contributed by atoms with Crippen LogP contribution in [0.4, 0.5) is 0 Å². The molecule has 2 saturated carbocycles. The minimum Gasteiger partial charge on any atom is -0.481 e. The highest BCUT2D eigenvalue weighted by molar-refractivity contribution is 5.91. The molecule has 2 fully saturated rings. The second-order valence-electron chi connectivity index (χ2n) is 8.53. The third-order valence-corrected chi connectivity index (χ3v) is 6.50. The van der Waals surface area contributed by atoms with E-state index in [2.05, 4.69) is 16.2 Å². The molecule has 1 unspecified atom stereocenters. The molecule has 0 spiro atoms. The van der Waals surface area contributed by atoms with Gasteiger partial charge < -0.3 is 10.4 Å². The fraction of sp³-hybridized carbons (Fsp3) is 0.737. The number of nitrogens with zero attached hydrogens (tertiary/aromatic N) is 2. The average molecular weight is 345 g/mol. The number of carbonyl (C=O) groups excluding carboxylic acids is 1. The number of rotatable bonds is 4. The highest BCUT2D eigenvalue weighted by Gasteiger charge is 2.66. The number of aliphatic carboxylic acids is 1. The van der Waals surface area contributed by atoms with E-state index in [0.717, 1.165) is 25.0 Å². The van der Waals surface area contributed by atoms with Crippen molar-refractivity contribution in [2.75, 3.05) is 0 Å². The summed E-state index contributed by atoms with van der Waals surface area (Å²) in [4.78, 5) is 24.0. The van der Waals surface area contributed by atoms with Gasteiger partial charge in [0.05, 0.1) is 29.6 Å². The molecule has 136 valence electrons. The molecule has 0 aromatic carbocycles. The summed E-state index contributed by atoms with van der Waals surface area (Å²) in [5.41, 5.74) is 1.78. The van der Waals surface area contributed by atoms with Gasteiger partial charge in [-0.25, -0.2) is 0 Å². The first-order valence-electron chi connectivity index (χ1n) is 9.50. The maximum absolute atomic E-state index is 12.7. The first kappa shape index (κ1) is 16.6. The average Bonchev–Trinajstić information content (AvgIpc) is 2.98. The molecule has 2 N–H and O–H groups in total. The molecule has 3 atom stereocenters. The van der Waals surface area contributed by atoms with E-state index in [0.29, 0.717) is 6.04 Å². The van der Waals surface area contributed by atoms with Crippen LogP contribution in [0.15, 0.2) is 6.20 Å². The van der Waals surface area contributed by atoms with E-state index < -0.39 is 23.2 Å². The van der Waals surface area contributed by atoms with Crippen molar-refractivity contribution >= 4 is 11.9 Å². The first-order valence-corrected chi connectivity index (χ1v) is 9.50. The Balaban J connectivity index is 1.50. The van der Waals surface area contributed by atoms with E-state index in [1.807, 2.05) is 13.8 Å². The Labute approximate surface area is 148 Å².